The van der Waals surface area contributed by atoms with Gasteiger partial charge in [0.05, 0.1) is 24.3 Å². The third kappa shape index (κ3) is 34.3. The highest BCUT2D eigenvalue weighted by Crippen LogP contribution is 2.35. The summed E-state index contributed by atoms with van der Waals surface area (Å²) in [7, 11) is 14.4. The monoisotopic (exact) mass is 1460 g/mol. The van der Waals surface area contributed by atoms with Crippen LogP contribution in [0, 0.1) is 17.8 Å². The Morgan fingerprint density at radius 3 is 1.21 bits per heavy atom. The molecule has 0 saturated heterocycles. The number of hydrogen-bond acceptors (Lipinski definition) is 16. The van der Waals surface area contributed by atoms with Crippen molar-refractivity contribution in [3.63, 3.8) is 0 Å². The molecule has 0 aliphatic heterocycles. The van der Waals surface area contributed by atoms with Crippen LogP contribution < -0.4 is 58.2 Å². The molecule has 0 aliphatic rings. The van der Waals surface area contributed by atoms with Gasteiger partial charge in [0, 0.05) is 145 Å². The largest absolute Gasteiger partial charge is 0.503 e. The highest BCUT2D eigenvalue weighted by atomic mass is 35.5. The Bertz CT molecular complexity index is 3590. The van der Waals surface area contributed by atoms with Crippen molar-refractivity contribution >= 4 is 60.0 Å². The van der Waals surface area contributed by atoms with Crippen molar-refractivity contribution in [2.24, 2.45) is 51.7 Å². The Hall–Kier alpha value is -8.32. The van der Waals surface area contributed by atoms with E-state index in [9.17, 15) is 66.8 Å². The summed E-state index contributed by atoms with van der Waals surface area (Å²) in [6.07, 6.45) is -0.760. The number of pyridine rings is 4. The Morgan fingerprint density at radius 1 is 0.561 bits per heavy atom. The number of nitrogens with two attached hydrogens (primary N) is 1. The maximum Gasteiger partial charge on any atom is 0.420 e. The van der Waals surface area contributed by atoms with Crippen LogP contribution in [-0.4, -0.2) is 116 Å². The first-order valence-electron chi connectivity index (χ1n) is 29.9. The second-order valence-electron chi connectivity index (χ2n) is 21.7. The van der Waals surface area contributed by atoms with Crippen LogP contribution in [0.1, 0.15) is 101 Å². The molecule has 552 valence electrons. The predicted octanol–water partition coefficient (Wildman–Crippen LogP) is 7.37. The summed E-state index contributed by atoms with van der Waals surface area (Å²) in [6, 6.07) is 24.6. The summed E-state index contributed by atoms with van der Waals surface area (Å²) in [5.41, 5.74) is 7.26. The lowest BCUT2D eigenvalue weighted by Gasteiger charge is -2.22. The Morgan fingerprint density at radius 2 is 0.888 bits per heavy atom. The lowest BCUT2D eigenvalue weighted by Crippen LogP contribution is -2.35. The second-order valence-corrected chi connectivity index (χ2v) is 21.9. The topological polar surface area (TPSA) is 339 Å². The van der Waals surface area contributed by atoms with E-state index in [0.717, 1.165) is 38.8 Å². The fourth-order valence-corrected chi connectivity index (χ4v) is 8.45. The minimum absolute atomic E-state index is 0. The number of ether oxygens (including phenoxy) is 3. The van der Waals surface area contributed by atoms with E-state index in [4.69, 9.17) is 41.1 Å². The maximum atomic E-state index is 12.7. The van der Waals surface area contributed by atoms with Crippen molar-refractivity contribution in [3.05, 3.63) is 184 Å². The van der Waals surface area contributed by atoms with Gasteiger partial charge >= 0.3 is 6.18 Å². The van der Waals surface area contributed by atoms with Crippen LogP contribution in [0.4, 0.5) is 22.3 Å². The molecule has 0 bridgehead atoms. The van der Waals surface area contributed by atoms with Crippen LogP contribution in [-0.2, 0) is 90.5 Å². The molecule has 98 heavy (non-hydrogen) atoms. The quantitative estimate of drug-likeness (QED) is 0.0182. The van der Waals surface area contributed by atoms with E-state index in [1.165, 1.54) is 39.5 Å². The minimum Gasteiger partial charge on any atom is -0.503 e. The van der Waals surface area contributed by atoms with Crippen LogP contribution in [0.5, 0.6) is 23.0 Å². The SMILES string of the molecule is CNC(=O)[C@H](C)CCc1cc(=O)c(O)c(C(O)C(F)(F)F)n1C.CNC(=O)[C@H](C)CCc1cc(=O)c(O)cn1C.CNC(=O)[C@H](C)CCc1cc(=O)c(OCc2ccccc2)cn1C.CNC(=O)[C@H](C)N.COC(C)O.Cl.Cl.Cn1cc(OCc2ccccc2)c(=O)cc1CCl.FF.[HH]. The minimum atomic E-state index is -5.02. The zero-order valence-electron chi connectivity index (χ0n) is 57.4. The zero-order chi connectivity index (χ0) is 73.6. The number of aromatic hydroxyl groups is 2. The van der Waals surface area contributed by atoms with E-state index < -0.39 is 41.4 Å². The number of amides is 4. The van der Waals surface area contributed by atoms with Crippen molar-refractivity contribution in [1.29, 1.82) is 0 Å². The summed E-state index contributed by atoms with van der Waals surface area (Å²) >= 11 is 5.73. The molecular weight excluding hydrogens is 1360 g/mol. The van der Waals surface area contributed by atoms with E-state index in [0.29, 0.717) is 62.7 Å². The fourth-order valence-electron chi connectivity index (χ4n) is 8.19. The average molecular weight is 1460 g/mol. The van der Waals surface area contributed by atoms with Gasteiger partial charge in [-0.3, -0.25) is 38.4 Å². The smallest absolute Gasteiger partial charge is 0.420 e. The summed E-state index contributed by atoms with van der Waals surface area (Å²) in [5, 5.41) is 46.4. The van der Waals surface area contributed by atoms with Crippen LogP contribution in [0.2, 0.25) is 0 Å². The number of rotatable bonds is 22. The number of methoxy groups -OCH3 is 1. The first-order chi connectivity index (χ1) is 45.1. The summed E-state index contributed by atoms with van der Waals surface area (Å²) in [6.45, 7) is 9.31. The van der Waals surface area contributed by atoms with Crippen molar-refractivity contribution in [2.75, 3.05) is 35.3 Å². The van der Waals surface area contributed by atoms with Gasteiger partial charge in [-0.25, -0.2) is 0 Å². The van der Waals surface area contributed by atoms with E-state index in [-0.39, 0.29) is 102 Å². The highest BCUT2D eigenvalue weighted by molar-refractivity contribution is 6.16. The maximum absolute atomic E-state index is 12.7. The summed E-state index contributed by atoms with van der Waals surface area (Å²) < 4.78 is 75.9. The van der Waals surface area contributed by atoms with Crippen molar-refractivity contribution in [1.82, 2.24) is 39.5 Å². The molecule has 6 atom stereocenters. The van der Waals surface area contributed by atoms with Gasteiger partial charge in [-0.15, -0.1) is 36.4 Å². The molecule has 2 unspecified atom stereocenters. The number of aromatic nitrogens is 4. The Balaban J connectivity index is -0.000000568. The zero-order valence-corrected chi connectivity index (χ0v) is 59.8. The molecule has 6 aromatic rings. The highest BCUT2D eigenvalue weighted by Gasteiger charge is 2.43. The molecule has 0 aliphatic carbocycles. The molecular formula is C66H97Cl3F5N9O15. The molecule has 4 amide bonds. The lowest BCUT2D eigenvalue weighted by atomic mass is 10.0. The molecule has 0 fully saturated rings. The number of hydrogen-bond donors (Lipinski definition) is 9. The number of halogens is 8. The number of aliphatic hydroxyl groups is 2. The molecule has 6 rings (SSSR count). The Labute approximate surface area is 585 Å². The first kappa shape index (κ1) is 93.9. The normalized spacial score (nSPS) is 12.0. The standard InChI is InChI=1S/C19H24N2O3.C14H14ClNO2.C14H19F3N2O4.C12H18N2O3.C4H10N2O.C3H8O2.2ClH.F2.H2/c1-14(19(23)20-2)9-10-16-11-17(22)18(12-21(16)3)24-13-15-7-5-4-6-8-15;1-16-9-14(13(17)7-12(16)8-15)18-10-11-5-3-2-4-6-11;1-7(13(23)18-2)4-5-8-6-9(20)11(21)10(19(8)3)12(22)14(15,16)17;1-8(12(17)13-2)4-5-9-6-10(15)11(16)7-14(9)3;1-3(5)4(7)6-2;1-3(4)5-2;;;1-2;/h4-8,11-12,14H,9-10,13H2,1-3H3,(H,20,23);2-7,9H,8,10H2,1H3;6-7,12,21-22H,4-5H2,1-3H3,(H,18,23);6-8,16H,4-5H2,1-3H3,(H,13,17);3H,5H2,1-2H3,(H,6,7);3-4H,1-2H3;2*1H;;1H/t14-;;7-,12?;8-;3-;;;;;/m1.110...../s1. The van der Waals surface area contributed by atoms with Crippen LogP contribution in [0.25, 0.3) is 0 Å². The van der Waals surface area contributed by atoms with Gasteiger partial charge in [-0.05, 0) is 63.5 Å². The average Bonchev–Trinajstić information content (AvgIpc) is 0.790. The second kappa shape index (κ2) is 49.2. The van der Waals surface area contributed by atoms with E-state index in [2.05, 4.69) is 26.0 Å². The van der Waals surface area contributed by atoms with Gasteiger partial charge < -0.3 is 79.9 Å². The number of nitrogens with zero attached hydrogens (tertiary/aromatic N) is 4. The first-order valence-corrected chi connectivity index (χ1v) is 30.5. The van der Waals surface area contributed by atoms with Crippen molar-refractivity contribution in [2.45, 2.75) is 117 Å². The molecule has 24 nitrogen and oxygen atoms in total. The number of benzene rings is 2. The lowest BCUT2D eigenvalue weighted by molar-refractivity contribution is -0.209. The molecule has 4 heterocycles. The van der Waals surface area contributed by atoms with E-state index in [1.54, 1.807) is 76.6 Å². The summed E-state index contributed by atoms with van der Waals surface area (Å²) in [4.78, 5) is 91.5. The summed E-state index contributed by atoms with van der Waals surface area (Å²) in [5.74, 6) is -1.33. The number of alkyl halides is 4. The van der Waals surface area contributed by atoms with Gasteiger partial charge in [-0.1, -0.05) is 81.4 Å². The molecule has 10 N–H and O–H groups in total. The van der Waals surface area contributed by atoms with Gasteiger partial charge in [0.2, 0.25) is 45.3 Å². The number of likely N-dealkylation sites (N-methyl/N-ethyl adjacent to an activating group) is 1. The van der Waals surface area contributed by atoms with Crippen LogP contribution >= 0.6 is 36.4 Å². The van der Waals surface area contributed by atoms with Crippen LogP contribution in [0.15, 0.2) is 123 Å². The van der Waals surface area contributed by atoms with Gasteiger partial charge in [0.1, 0.15) is 18.9 Å². The number of aryl methyl sites for hydroxylation is 6. The van der Waals surface area contributed by atoms with Crippen LogP contribution in [0.3, 0.4) is 0 Å². The number of aliphatic hydroxyl groups excluding tert-OH is 2. The molecule has 0 saturated carbocycles. The molecule has 0 radical (unpaired) electrons. The Kier molecular flexibility index (Phi) is 47.2. The fraction of sp³-hybridized carbons (Fsp3) is 0.455. The van der Waals surface area contributed by atoms with Crippen molar-refractivity contribution in [3.8, 4) is 23.0 Å². The third-order valence-electron chi connectivity index (χ3n) is 14.3. The third-order valence-corrected chi connectivity index (χ3v) is 14.5. The molecule has 2 aromatic carbocycles. The number of carbonyl (C=O) groups is 4. The van der Waals surface area contributed by atoms with Gasteiger partial charge in [0.25, 0.3) is 0 Å². The molecule has 32 heteroatoms. The van der Waals surface area contributed by atoms with Crippen molar-refractivity contribution < 1.29 is 77.6 Å². The van der Waals surface area contributed by atoms with Gasteiger partial charge in [-0.2, -0.15) is 13.2 Å². The van der Waals surface area contributed by atoms with E-state index >= 15 is 0 Å². The predicted molar refractivity (Wildman–Crippen MR) is 372 cm³/mol. The van der Waals surface area contributed by atoms with E-state index in [1.807, 2.05) is 93.2 Å². The van der Waals surface area contributed by atoms with Gasteiger partial charge in [0.15, 0.2) is 35.4 Å². The molecule has 4 aromatic heterocycles. The number of nitrogens with one attached hydrogen (secondary N) is 4. The molecule has 0 spiro atoms. The number of carbonyl (C=O) groups excluding carboxylic acids is 4.